The number of rotatable bonds is 1. The van der Waals surface area contributed by atoms with Crippen molar-refractivity contribution in [2.45, 2.75) is 6.92 Å². The van der Waals surface area contributed by atoms with Crippen molar-refractivity contribution in [1.82, 2.24) is 0 Å². The molecule has 0 heterocycles. The zero-order chi connectivity index (χ0) is 12.6. The van der Waals surface area contributed by atoms with E-state index in [9.17, 15) is 0 Å². The van der Waals surface area contributed by atoms with Gasteiger partial charge >= 0.3 is 0 Å². The lowest BCUT2D eigenvalue weighted by atomic mass is 9.98. The number of hydrogen-bond acceptors (Lipinski definition) is 4. The van der Waals surface area contributed by atoms with Gasteiger partial charge in [0.15, 0.2) is 0 Å². The van der Waals surface area contributed by atoms with Crippen LogP contribution in [0.25, 0.3) is 11.1 Å². The minimum absolute atomic E-state index is 0.530. The van der Waals surface area contributed by atoms with Crippen LogP contribution in [0.15, 0.2) is 30.3 Å². The number of nitrogens with two attached hydrogens (primary N) is 4. The largest absolute Gasteiger partial charge is 0.399 e. The number of hydrogen-bond donors (Lipinski definition) is 4. The van der Waals surface area contributed by atoms with E-state index in [1.54, 1.807) is 0 Å². The first kappa shape index (κ1) is 11.1. The number of anilines is 4. The van der Waals surface area contributed by atoms with Crippen LogP contribution in [0.2, 0.25) is 0 Å². The van der Waals surface area contributed by atoms with Gasteiger partial charge in [-0.1, -0.05) is 12.1 Å². The van der Waals surface area contributed by atoms with E-state index in [-0.39, 0.29) is 0 Å². The van der Waals surface area contributed by atoms with E-state index in [0.29, 0.717) is 22.7 Å². The summed E-state index contributed by atoms with van der Waals surface area (Å²) in [6.45, 7) is 1.85. The van der Waals surface area contributed by atoms with E-state index in [1.807, 2.05) is 37.3 Å². The second-order valence-corrected chi connectivity index (χ2v) is 4.09. The Morgan fingerprint density at radius 1 is 0.882 bits per heavy atom. The average Bonchev–Trinajstić information content (AvgIpc) is 2.31. The smallest absolute Gasteiger partial charge is 0.0631 e. The second-order valence-electron chi connectivity index (χ2n) is 4.09. The Kier molecular flexibility index (Phi) is 2.55. The summed E-state index contributed by atoms with van der Waals surface area (Å²) >= 11 is 0. The van der Waals surface area contributed by atoms with Gasteiger partial charge in [0.1, 0.15) is 0 Å². The maximum absolute atomic E-state index is 6.01. The van der Waals surface area contributed by atoms with Gasteiger partial charge in [-0.05, 0) is 36.2 Å². The summed E-state index contributed by atoms with van der Waals surface area (Å²) in [5.74, 6) is 0. The zero-order valence-electron chi connectivity index (χ0n) is 9.70. The molecule has 17 heavy (non-hydrogen) atoms. The topological polar surface area (TPSA) is 104 Å². The minimum Gasteiger partial charge on any atom is -0.399 e. The highest BCUT2D eigenvalue weighted by molar-refractivity contribution is 5.90. The van der Waals surface area contributed by atoms with Gasteiger partial charge in [0.05, 0.1) is 11.4 Å². The van der Waals surface area contributed by atoms with Gasteiger partial charge in [0.2, 0.25) is 0 Å². The SMILES string of the molecule is Cc1c(N)cc(-c2cccc(N)c2)c(N)c1N. The maximum Gasteiger partial charge on any atom is 0.0631 e. The van der Waals surface area contributed by atoms with Gasteiger partial charge < -0.3 is 22.9 Å². The maximum atomic E-state index is 6.01. The fourth-order valence-electron chi connectivity index (χ4n) is 1.79. The molecule has 0 unspecified atom stereocenters. The Morgan fingerprint density at radius 3 is 2.24 bits per heavy atom. The molecule has 4 nitrogen and oxygen atoms in total. The zero-order valence-corrected chi connectivity index (χ0v) is 9.70. The predicted octanol–water partition coefficient (Wildman–Crippen LogP) is 1.99. The molecule has 0 saturated heterocycles. The normalized spacial score (nSPS) is 10.4. The van der Waals surface area contributed by atoms with Gasteiger partial charge in [-0.25, -0.2) is 0 Å². The van der Waals surface area contributed by atoms with Crippen LogP contribution in [0.1, 0.15) is 5.56 Å². The molecule has 0 atom stereocenters. The van der Waals surface area contributed by atoms with E-state index in [0.717, 1.165) is 16.7 Å². The lowest BCUT2D eigenvalue weighted by Gasteiger charge is -2.13. The average molecular weight is 228 g/mol. The minimum atomic E-state index is 0.530. The molecule has 0 amide bonds. The third-order valence-corrected chi connectivity index (χ3v) is 2.91. The van der Waals surface area contributed by atoms with Crippen molar-refractivity contribution >= 4 is 22.7 Å². The molecule has 0 spiro atoms. The molecule has 2 aromatic carbocycles. The molecule has 4 heteroatoms. The Labute approximate surface area is 100 Å². The van der Waals surface area contributed by atoms with Crippen molar-refractivity contribution in [2.24, 2.45) is 0 Å². The van der Waals surface area contributed by atoms with Crippen LogP contribution < -0.4 is 22.9 Å². The molecular weight excluding hydrogens is 212 g/mol. The van der Waals surface area contributed by atoms with Crippen LogP contribution in [0, 0.1) is 6.92 Å². The first-order chi connectivity index (χ1) is 8.00. The summed E-state index contributed by atoms with van der Waals surface area (Å²) in [5, 5.41) is 0. The van der Waals surface area contributed by atoms with Gasteiger partial charge in [0, 0.05) is 16.9 Å². The van der Waals surface area contributed by atoms with E-state index in [2.05, 4.69) is 0 Å². The van der Waals surface area contributed by atoms with Crippen LogP contribution in [-0.4, -0.2) is 0 Å². The fraction of sp³-hybridized carbons (Fsp3) is 0.0769. The third kappa shape index (κ3) is 1.85. The summed E-state index contributed by atoms with van der Waals surface area (Å²) < 4.78 is 0. The Morgan fingerprint density at radius 2 is 1.59 bits per heavy atom. The second kappa shape index (κ2) is 3.90. The molecule has 0 aliphatic carbocycles. The predicted molar refractivity (Wildman–Crippen MR) is 74.3 cm³/mol. The molecule has 0 radical (unpaired) electrons. The molecule has 88 valence electrons. The molecule has 2 rings (SSSR count). The molecule has 0 aliphatic heterocycles. The van der Waals surface area contributed by atoms with Gasteiger partial charge in [-0.3, -0.25) is 0 Å². The first-order valence-corrected chi connectivity index (χ1v) is 5.30. The molecule has 2 aromatic rings. The van der Waals surface area contributed by atoms with Crippen LogP contribution in [0.4, 0.5) is 22.7 Å². The molecule has 0 saturated carbocycles. The van der Waals surface area contributed by atoms with Crippen molar-refractivity contribution in [3.63, 3.8) is 0 Å². The molecule has 0 aliphatic rings. The molecule has 0 aromatic heterocycles. The van der Waals surface area contributed by atoms with Crippen molar-refractivity contribution < 1.29 is 0 Å². The highest BCUT2D eigenvalue weighted by atomic mass is 14.7. The standard InChI is InChI=1S/C13H16N4/c1-7-11(15)6-10(13(17)12(7)16)8-3-2-4-9(14)5-8/h2-6H,14-17H2,1H3. The fourth-order valence-corrected chi connectivity index (χ4v) is 1.79. The van der Waals surface area contributed by atoms with Gasteiger partial charge in [0.25, 0.3) is 0 Å². The van der Waals surface area contributed by atoms with E-state index >= 15 is 0 Å². The van der Waals surface area contributed by atoms with Crippen molar-refractivity contribution in [3.8, 4) is 11.1 Å². The van der Waals surface area contributed by atoms with Crippen LogP contribution in [0.5, 0.6) is 0 Å². The first-order valence-electron chi connectivity index (χ1n) is 5.30. The quantitative estimate of drug-likeness (QED) is 0.560. The van der Waals surface area contributed by atoms with Gasteiger partial charge in [-0.2, -0.15) is 0 Å². The lowest BCUT2D eigenvalue weighted by molar-refractivity contribution is 1.46. The summed E-state index contributed by atoms with van der Waals surface area (Å²) in [6, 6.07) is 9.29. The van der Waals surface area contributed by atoms with Gasteiger partial charge in [-0.15, -0.1) is 0 Å². The Hall–Kier alpha value is -2.36. The summed E-state index contributed by atoms with van der Waals surface area (Å²) in [7, 11) is 0. The van der Waals surface area contributed by atoms with Crippen LogP contribution in [-0.2, 0) is 0 Å². The molecule has 0 fully saturated rings. The van der Waals surface area contributed by atoms with Crippen LogP contribution >= 0.6 is 0 Å². The monoisotopic (exact) mass is 228 g/mol. The highest BCUT2D eigenvalue weighted by Crippen LogP contribution is 2.36. The molecule has 0 bridgehead atoms. The summed E-state index contributed by atoms with van der Waals surface area (Å²) in [6.07, 6.45) is 0. The summed E-state index contributed by atoms with van der Waals surface area (Å²) in [5.41, 5.74) is 28.5. The van der Waals surface area contributed by atoms with Crippen molar-refractivity contribution in [3.05, 3.63) is 35.9 Å². The number of nitrogen functional groups attached to an aromatic ring is 4. The molecule has 8 N–H and O–H groups in total. The third-order valence-electron chi connectivity index (χ3n) is 2.91. The van der Waals surface area contributed by atoms with Crippen LogP contribution in [0.3, 0.4) is 0 Å². The Bertz CT molecular complexity index is 576. The van der Waals surface area contributed by atoms with Crippen molar-refractivity contribution in [2.75, 3.05) is 22.9 Å². The molecular formula is C13H16N4. The Balaban J connectivity index is 2.68. The van der Waals surface area contributed by atoms with E-state index in [1.165, 1.54) is 0 Å². The van der Waals surface area contributed by atoms with E-state index < -0.39 is 0 Å². The van der Waals surface area contributed by atoms with Crippen molar-refractivity contribution in [1.29, 1.82) is 0 Å². The number of benzene rings is 2. The van der Waals surface area contributed by atoms with E-state index in [4.69, 9.17) is 22.9 Å². The highest BCUT2D eigenvalue weighted by Gasteiger charge is 2.10. The lowest BCUT2D eigenvalue weighted by Crippen LogP contribution is -2.03. The summed E-state index contributed by atoms with van der Waals surface area (Å²) in [4.78, 5) is 0.